The number of aryl methyl sites for hydroxylation is 2. The summed E-state index contributed by atoms with van der Waals surface area (Å²) in [7, 11) is -3.45. The van der Waals surface area contributed by atoms with E-state index in [4.69, 9.17) is 5.26 Å². The number of rotatable bonds is 3. The molecule has 0 atom stereocenters. The molecule has 1 aliphatic rings. The van der Waals surface area contributed by atoms with Gasteiger partial charge in [0, 0.05) is 31.9 Å². The Kier molecular flexibility index (Phi) is 4.80. The number of nitriles is 1. The molecule has 1 aliphatic heterocycles. The molecular formula is C19H21N3O2S. The number of piperazine rings is 1. The maximum atomic E-state index is 12.8. The van der Waals surface area contributed by atoms with Gasteiger partial charge in [-0.2, -0.15) is 9.57 Å². The lowest BCUT2D eigenvalue weighted by molar-refractivity contribution is 0.385. The van der Waals surface area contributed by atoms with Crippen molar-refractivity contribution < 1.29 is 8.42 Å². The van der Waals surface area contributed by atoms with Crippen molar-refractivity contribution in [2.75, 3.05) is 31.1 Å². The summed E-state index contributed by atoms with van der Waals surface area (Å²) >= 11 is 0. The average molecular weight is 355 g/mol. The molecule has 0 radical (unpaired) electrons. The molecule has 0 unspecified atom stereocenters. The highest BCUT2D eigenvalue weighted by molar-refractivity contribution is 7.89. The van der Waals surface area contributed by atoms with E-state index in [1.54, 1.807) is 28.6 Å². The minimum absolute atomic E-state index is 0.363. The maximum Gasteiger partial charge on any atom is 0.243 e. The van der Waals surface area contributed by atoms with Crippen LogP contribution in [0, 0.1) is 25.2 Å². The number of hydrogen-bond donors (Lipinski definition) is 0. The largest absolute Gasteiger partial charge is 0.369 e. The third-order valence-electron chi connectivity index (χ3n) is 4.72. The van der Waals surface area contributed by atoms with Gasteiger partial charge in [-0.25, -0.2) is 8.42 Å². The van der Waals surface area contributed by atoms with Crippen LogP contribution in [-0.4, -0.2) is 38.9 Å². The molecule has 3 rings (SSSR count). The molecule has 1 saturated heterocycles. The Morgan fingerprint density at radius 3 is 2.12 bits per heavy atom. The fraction of sp³-hybridized carbons (Fsp3) is 0.316. The van der Waals surface area contributed by atoms with Gasteiger partial charge in [0.1, 0.15) is 0 Å². The second-order valence-electron chi connectivity index (χ2n) is 6.30. The lowest BCUT2D eigenvalue weighted by atomic mass is 10.1. The van der Waals surface area contributed by atoms with Gasteiger partial charge in [-0.05, 0) is 61.4 Å². The summed E-state index contributed by atoms with van der Waals surface area (Å²) in [6, 6.07) is 14.8. The lowest BCUT2D eigenvalue weighted by Crippen LogP contribution is -2.48. The Hall–Kier alpha value is -2.36. The van der Waals surface area contributed by atoms with E-state index in [1.807, 2.05) is 32.0 Å². The van der Waals surface area contributed by atoms with Gasteiger partial charge in [0.2, 0.25) is 10.0 Å². The molecule has 2 aromatic carbocycles. The first-order valence-electron chi connectivity index (χ1n) is 8.24. The molecule has 25 heavy (non-hydrogen) atoms. The van der Waals surface area contributed by atoms with Crippen LogP contribution in [0.15, 0.2) is 47.4 Å². The van der Waals surface area contributed by atoms with Gasteiger partial charge in [-0.15, -0.1) is 0 Å². The topological polar surface area (TPSA) is 64.4 Å². The molecule has 0 spiro atoms. The first-order chi connectivity index (χ1) is 11.9. The third-order valence-corrected chi connectivity index (χ3v) is 6.61. The van der Waals surface area contributed by atoms with E-state index in [0.717, 1.165) is 16.8 Å². The van der Waals surface area contributed by atoms with Crippen LogP contribution in [0.25, 0.3) is 0 Å². The summed E-state index contributed by atoms with van der Waals surface area (Å²) in [4.78, 5) is 2.51. The zero-order valence-corrected chi connectivity index (χ0v) is 15.3. The number of hydrogen-bond acceptors (Lipinski definition) is 4. The van der Waals surface area contributed by atoms with Crippen molar-refractivity contribution in [3.63, 3.8) is 0 Å². The van der Waals surface area contributed by atoms with Crippen LogP contribution in [0.5, 0.6) is 0 Å². The number of nitrogens with zero attached hydrogens (tertiary/aromatic N) is 3. The fourth-order valence-electron chi connectivity index (χ4n) is 2.96. The molecule has 1 heterocycles. The fourth-order valence-corrected chi connectivity index (χ4v) is 4.46. The van der Waals surface area contributed by atoms with Gasteiger partial charge in [-0.3, -0.25) is 0 Å². The van der Waals surface area contributed by atoms with Gasteiger partial charge < -0.3 is 4.90 Å². The molecule has 0 aliphatic carbocycles. The zero-order chi connectivity index (χ0) is 18.0. The molecule has 0 N–H and O–H groups in total. The molecule has 0 aromatic heterocycles. The lowest BCUT2D eigenvalue weighted by Gasteiger charge is -2.35. The molecule has 6 heteroatoms. The van der Waals surface area contributed by atoms with Crippen molar-refractivity contribution in [3.05, 3.63) is 59.2 Å². The normalized spacial score (nSPS) is 15.8. The van der Waals surface area contributed by atoms with Gasteiger partial charge in [-0.1, -0.05) is 6.07 Å². The van der Waals surface area contributed by atoms with E-state index in [2.05, 4.69) is 11.0 Å². The SMILES string of the molecule is Cc1ccc(S(=O)(=O)N2CCN(c3ccc(C#N)cc3)CC2)cc1C. The number of anilines is 1. The standard InChI is InChI=1S/C19H21N3O2S/c1-15-3-8-19(13-16(15)2)25(23,24)22-11-9-21(10-12-22)18-6-4-17(14-20)5-7-18/h3-8,13H,9-12H2,1-2H3. The summed E-state index contributed by atoms with van der Waals surface area (Å²) in [5, 5.41) is 8.87. The van der Waals surface area contributed by atoms with E-state index in [0.29, 0.717) is 36.6 Å². The zero-order valence-electron chi connectivity index (χ0n) is 14.4. The monoisotopic (exact) mass is 355 g/mol. The van der Waals surface area contributed by atoms with Gasteiger partial charge in [0.25, 0.3) is 0 Å². The van der Waals surface area contributed by atoms with Crippen molar-refractivity contribution in [2.45, 2.75) is 18.7 Å². The van der Waals surface area contributed by atoms with E-state index >= 15 is 0 Å². The molecule has 0 amide bonds. The Bertz CT molecular complexity index is 907. The molecule has 1 fully saturated rings. The summed E-state index contributed by atoms with van der Waals surface area (Å²) in [5.74, 6) is 0. The number of benzene rings is 2. The first-order valence-corrected chi connectivity index (χ1v) is 9.68. The Balaban J connectivity index is 1.72. The van der Waals surface area contributed by atoms with Crippen LogP contribution in [0.4, 0.5) is 5.69 Å². The highest BCUT2D eigenvalue weighted by atomic mass is 32.2. The summed E-state index contributed by atoms with van der Waals surface area (Å²) in [6.45, 7) is 6.08. The molecule has 2 aromatic rings. The molecular weight excluding hydrogens is 334 g/mol. The Morgan fingerprint density at radius 1 is 0.920 bits per heavy atom. The quantitative estimate of drug-likeness (QED) is 0.849. The van der Waals surface area contributed by atoms with Crippen LogP contribution in [0.1, 0.15) is 16.7 Å². The summed E-state index contributed by atoms with van der Waals surface area (Å²) in [6.07, 6.45) is 0. The van der Waals surface area contributed by atoms with Crippen LogP contribution >= 0.6 is 0 Å². The van der Waals surface area contributed by atoms with E-state index in [-0.39, 0.29) is 0 Å². The highest BCUT2D eigenvalue weighted by Crippen LogP contribution is 2.23. The molecule has 0 bridgehead atoms. The van der Waals surface area contributed by atoms with E-state index in [1.165, 1.54) is 0 Å². The van der Waals surface area contributed by atoms with Crippen LogP contribution < -0.4 is 4.90 Å². The third kappa shape index (κ3) is 3.53. The van der Waals surface area contributed by atoms with E-state index in [9.17, 15) is 8.42 Å². The first kappa shape index (κ1) is 17.5. The minimum Gasteiger partial charge on any atom is -0.369 e. The minimum atomic E-state index is -3.45. The summed E-state index contributed by atoms with van der Waals surface area (Å²) in [5.41, 5.74) is 3.71. The van der Waals surface area contributed by atoms with Crippen molar-refractivity contribution in [2.24, 2.45) is 0 Å². The summed E-state index contributed by atoms with van der Waals surface area (Å²) < 4.78 is 27.3. The predicted molar refractivity (Wildman–Crippen MR) is 98.0 cm³/mol. The molecule has 0 saturated carbocycles. The van der Waals surface area contributed by atoms with Crippen molar-refractivity contribution >= 4 is 15.7 Å². The van der Waals surface area contributed by atoms with Crippen molar-refractivity contribution in [1.82, 2.24) is 4.31 Å². The second-order valence-corrected chi connectivity index (χ2v) is 8.23. The van der Waals surface area contributed by atoms with Gasteiger partial charge in [0.15, 0.2) is 0 Å². The van der Waals surface area contributed by atoms with Gasteiger partial charge >= 0.3 is 0 Å². The molecule has 5 nitrogen and oxygen atoms in total. The van der Waals surface area contributed by atoms with E-state index < -0.39 is 10.0 Å². The number of sulfonamides is 1. The predicted octanol–water partition coefficient (Wildman–Crippen LogP) is 2.69. The smallest absolute Gasteiger partial charge is 0.243 e. The highest BCUT2D eigenvalue weighted by Gasteiger charge is 2.28. The Labute approximate surface area is 149 Å². The molecule has 130 valence electrons. The maximum absolute atomic E-state index is 12.8. The van der Waals surface area contributed by atoms with Crippen LogP contribution in [-0.2, 0) is 10.0 Å². The van der Waals surface area contributed by atoms with Crippen molar-refractivity contribution in [1.29, 1.82) is 5.26 Å². The van der Waals surface area contributed by atoms with Crippen molar-refractivity contribution in [3.8, 4) is 6.07 Å². The van der Waals surface area contributed by atoms with Crippen LogP contribution in [0.2, 0.25) is 0 Å². The second kappa shape index (κ2) is 6.87. The Morgan fingerprint density at radius 2 is 1.56 bits per heavy atom. The average Bonchev–Trinajstić information content (AvgIpc) is 2.64. The van der Waals surface area contributed by atoms with Crippen LogP contribution in [0.3, 0.4) is 0 Å². The van der Waals surface area contributed by atoms with Gasteiger partial charge in [0.05, 0.1) is 16.5 Å².